The smallest absolute Gasteiger partial charge is 0.0926 e. The van der Waals surface area contributed by atoms with Crippen LogP contribution in [-0.4, -0.2) is 50.1 Å². The van der Waals surface area contributed by atoms with Crippen molar-refractivity contribution in [3.63, 3.8) is 0 Å². The maximum atomic E-state index is 8.83. The van der Waals surface area contributed by atoms with Gasteiger partial charge in [0.05, 0.1) is 26.5 Å². The number of nitrogen functional groups attached to an aromatic ring is 1. The summed E-state index contributed by atoms with van der Waals surface area (Å²) in [6.45, 7) is 3.84. The number of allylic oxidation sites excluding steroid dienone is 2. The number of quaternary nitrogens is 1. The second-order valence-corrected chi connectivity index (χ2v) is 4.90. The zero-order valence-electron chi connectivity index (χ0n) is 14.2. The van der Waals surface area contributed by atoms with Crippen LogP contribution in [0.15, 0.2) is 48.2 Å². The highest BCUT2D eigenvalue weighted by atomic mass is 16.3. The van der Waals surface area contributed by atoms with Crippen LogP contribution in [0.1, 0.15) is 6.92 Å². The van der Waals surface area contributed by atoms with Crippen molar-refractivity contribution in [2.24, 2.45) is 5.73 Å². The van der Waals surface area contributed by atoms with Crippen molar-refractivity contribution >= 4 is 11.4 Å². The molecule has 0 fully saturated rings. The number of hydrogen-bond acceptors (Lipinski definition) is 5. The lowest BCUT2D eigenvalue weighted by atomic mass is 10.2. The van der Waals surface area contributed by atoms with Crippen LogP contribution in [-0.2, 0) is 0 Å². The quantitative estimate of drug-likeness (QED) is 0.332. The van der Waals surface area contributed by atoms with Crippen LogP contribution in [0.5, 0.6) is 0 Å². The number of hydrogen-bond donors (Lipinski definition) is 5. The lowest BCUT2D eigenvalue weighted by molar-refractivity contribution is -0.556. The molecule has 0 bridgehead atoms. The molecule has 0 heterocycles. The van der Waals surface area contributed by atoms with Crippen LogP contribution in [0.3, 0.4) is 0 Å². The second kappa shape index (κ2) is 13.8. The molecule has 6 nitrogen and oxygen atoms in total. The fourth-order valence-electron chi connectivity index (χ4n) is 1.80. The Balaban J connectivity index is 0.000000468. The van der Waals surface area contributed by atoms with Gasteiger partial charge in [-0.1, -0.05) is 6.08 Å². The van der Waals surface area contributed by atoms with E-state index in [4.69, 9.17) is 21.7 Å². The fourth-order valence-corrected chi connectivity index (χ4v) is 1.80. The highest BCUT2D eigenvalue weighted by Crippen LogP contribution is 2.15. The van der Waals surface area contributed by atoms with Gasteiger partial charge < -0.3 is 31.9 Å². The SMILES string of the molecule is C[NH2+]/C=C\C(C)=C/CN.Nc1ccc(N(CCO)CCO)cc1. The van der Waals surface area contributed by atoms with Crippen LogP contribution >= 0.6 is 0 Å². The maximum absolute atomic E-state index is 8.83. The number of benzene rings is 1. The van der Waals surface area contributed by atoms with Gasteiger partial charge in [-0.2, -0.15) is 0 Å². The molecule has 6 heteroatoms. The third-order valence-electron chi connectivity index (χ3n) is 2.99. The van der Waals surface area contributed by atoms with E-state index < -0.39 is 0 Å². The molecular weight excluding hydrogens is 292 g/mol. The van der Waals surface area contributed by atoms with E-state index in [1.807, 2.05) is 54.7 Å². The number of rotatable bonds is 8. The normalized spacial score (nSPS) is 11.3. The summed E-state index contributed by atoms with van der Waals surface area (Å²) >= 11 is 0. The summed E-state index contributed by atoms with van der Waals surface area (Å²) in [5.41, 5.74) is 13.7. The Labute approximate surface area is 139 Å². The molecule has 1 aromatic rings. The molecular formula is C17H31N4O2+. The van der Waals surface area contributed by atoms with Crippen molar-refractivity contribution in [3.05, 3.63) is 48.2 Å². The number of nitrogens with two attached hydrogens (primary N) is 3. The minimum atomic E-state index is 0.0738. The molecule has 0 unspecified atom stereocenters. The summed E-state index contributed by atoms with van der Waals surface area (Å²) in [5.74, 6) is 0. The van der Waals surface area contributed by atoms with Crippen molar-refractivity contribution < 1.29 is 15.5 Å². The van der Waals surface area contributed by atoms with Crippen molar-refractivity contribution in [3.8, 4) is 0 Å². The standard InChI is InChI=1S/C10H16N2O2.C7H14N2/c11-9-1-3-10(4-2-9)12(5-7-13)6-8-14;1-7(3-5-8)4-6-9-2/h1-4,13-14H,5-8,11H2;3-4,6,9H,5,8H2,1-2H3/p+1/b;6-4-,7-3-. The van der Waals surface area contributed by atoms with Crippen LogP contribution < -0.4 is 21.7 Å². The van der Waals surface area contributed by atoms with Gasteiger partial charge in [0.2, 0.25) is 0 Å². The van der Waals surface area contributed by atoms with Gasteiger partial charge in [-0.25, -0.2) is 0 Å². The highest BCUT2D eigenvalue weighted by Gasteiger charge is 2.03. The predicted molar refractivity (Wildman–Crippen MR) is 97.0 cm³/mol. The van der Waals surface area contributed by atoms with E-state index in [1.165, 1.54) is 5.57 Å². The Morgan fingerprint density at radius 1 is 1.17 bits per heavy atom. The third-order valence-corrected chi connectivity index (χ3v) is 2.99. The van der Waals surface area contributed by atoms with E-state index in [2.05, 4.69) is 0 Å². The first-order chi connectivity index (χ1) is 11.1. The summed E-state index contributed by atoms with van der Waals surface area (Å²) in [5, 5.41) is 19.7. The topological polar surface area (TPSA) is 112 Å². The predicted octanol–water partition coefficient (Wildman–Crippen LogP) is -0.342. The molecule has 0 saturated heterocycles. The minimum absolute atomic E-state index is 0.0738. The number of nitrogens with zero attached hydrogens (tertiary/aromatic N) is 1. The second-order valence-electron chi connectivity index (χ2n) is 4.90. The Morgan fingerprint density at radius 3 is 2.17 bits per heavy atom. The van der Waals surface area contributed by atoms with Crippen molar-refractivity contribution in [1.82, 2.24) is 0 Å². The Hall–Kier alpha value is -1.86. The molecule has 0 atom stereocenters. The Morgan fingerprint density at radius 2 is 1.74 bits per heavy atom. The molecule has 0 amide bonds. The van der Waals surface area contributed by atoms with Crippen molar-refractivity contribution in [1.29, 1.82) is 0 Å². The summed E-state index contributed by atoms with van der Waals surface area (Å²) < 4.78 is 0. The molecule has 0 spiro atoms. The zero-order chi connectivity index (χ0) is 17.5. The van der Waals surface area contributed by atoms with E-state index in [-0.39, 0.29) is 13.2 Å². The summed E-state index contributed by atoms with van der Waals surface area (Å²) in [4.78, 5) is 1.90. The first-order valence-corrected chi connectivity index (χ1v) is 7.74. The lowest BCUT2D eigenvalue weighted by Crippen LogP contribution is -2.72. The molecule has 8 N–H and O–H groups in total. The van der Waals surface area contributed by atoms with E-state index >= 15 is 0 Å². The van der Waals surface area contributed by atoms with Gasteiger partial charge in [0.15, 0.2) is 0 Å². The number of anilines is 2. The molecule has 0 aliphatic heterocycles. The van der Waals surface area contributed by atoms with Gasteiger partial charge in [0.25, 0.3) is 0 Å². The fraction of sp³-hybridized carbons (Fsp3) is 0.412. The third kappa shape index (κ3) is 10.5. The van der Waals surface area contributed by atoms with Crippen molar-refractivity contribution in [2.75, 3.05) is 50.5 Å². The van der Waals surface area contributed by atoms with E-state index in [1.54, 1.807) is 12.1 Å². The number of aliphatic hydroxyl groups excluding tert-OH is 2. The van der Waals surface area contributed by atoms with Crippen LogP contribution in [0, 0.1) is 0 Å². The Kier molecular flexibility index (Phi) is 12.7. The van der Waals surface area contributed by atoms with Gasteiger partial charge >= 0.3 is 0 Å². The molecule has 0 aromatic heterocycles. The molecule has 0 radical (unpaired) electrons. The van der Waals surface area contributed by atoms with Gasteiger partial charge in [-0.05, 0) is 42.8 Å². The maximum Gasteiger partial charge on any atom is 0.0926 e. The molecule has 130 valence electrons. The molecule has 1 rings (SSSR count). The van der Waals surface area contributed by atoms with Gasteiger partial charge in [-0.15, -0.1) is 0 Å². The molecule has 0 aliphatic carbocycles. The molecule has 23 heavy (non-hydrogen) atoms. The van der Waals surface area contributed by atoms with Crippen LogP contribution in [0.2, 0.25) is 0 Å². The monoisotopic (exact) mass is 323 g/mol. The average Bonchev–Trinajstić information content (AvgIpc) is 2.54. The Bertz CT molecular complexity index is 452. The lowest BCUT2D eigenvalue weighted by Gasteiger charge is -2.22. The first-order valence-electron chi connectivity index (χ1n) is 7.74. The zero-order valence-corrected chi connectivity index (χ0v) is 14.2. The van der Waals surface area contributed by atoms with Crippen molar-refractivity contribution in [2.45, 2.75) is 6.92 Å². The van der Waals surface area contributed by atoms with E-state index in [0.29, 0.717) is 25.3 Å². The van der Waals surface area contributed by atoms with Crippen LogP contribution in [0.4, 0.5) is 11.4 Å². The molecule has 0 aliphatic rings. The van der Waals surface area contributed by atoms with Gasteiger partial charge in [-0.3, -0.25) is 0 Å². The highest BCUT2D eigenvalue weighted by molar-refractivity contribution is 5.53. The van der Waals surface area contributed by atoms with Gasteiger partial charge in [0, 0.05) is 31.0 Å². The average molecular weight is 323 g/mol. The minimum Gasteiger partial charge on any atom is -0.399 e. The van der Waals surface area contributed by atoms with Crippen LogP contribution in [0.25, 0.3) is 0 Å². The number of aliphatic hydroxyl groups is 2. The molecule has 1 aromatic carbocycles. The summed E-state index contributed by atoms with van der Waals surface area (Å²) in [6.07, 6.45) is 6.02. The van der Waals surface area contributed by atoms with E-state index in [0.717, 1.165) is 5.69 Å². The largest absolute Gasteiger partial charge is 0.399 e. The molecule has 0 saturated carbocycles. The van der Waals surface area contributed by atoms with Gasteiger partial charge in [0.1, 0.15) is 0 Å². The summed E-state index contributed by atoms with van der Waals surface area (Å²) in [7, 11) is 1.99. The van der Waals surface area contributed by atoms with E-state index in [9.17, 15) is 0 Å². The first kappa shape index (κ1) is 21.1. The summed E-state index contributed by atoms with van der Waals surface area (Å²) in [6, 6.07) is 7.36.